The highest BCUT2D eigenvalue weighted by molar-refractivity contribution is 7.91. The Kier molecular flexibility index (Phi) is 5.83. The topological polar surface area (TPSA) is 134 Å². The smallest absolute Gasteiger partial charge is 0.410 e. The Labute approximate surface area is 202 Å². The molecule has 3 fully saturated rings. The fraction of sp³-hybridized carbons (Fsp3) is 0.522. The molecular weight excluding hydrogens is 479 g/mol. The van der Waals surface area contributed by atoms with Crippen molar-refractivity contribution < 1.29 is 31.9 Å². The van der Waals surface area contributed by atoms with Gasteiger partial charge in [-0.1, -0.05) is 18.2 Å². The van der Waals surface area contributed by atoms with E-state index in [4.69, 9.17) is 4.74 Å². The summed E-state index contributed by atoms with van der Waals surface area (Å²) in [5, 5.41) is 5.12. The molecule has 1 saturated heterocycles. The fourth-order valence-corrected chi connectivity index (χ4v) is 6.11. The van der Waals surface area contributed by atoms with Gasteiger partial charge >= 0.3 is 6.09 Å². The van der Waals surface area contributed by atoms with Gasteiger partial charge in [-0.2, -0.15) is 0 Å². The molecule has 0 aromatic heterocycles. The first-order valence-electron chi connectivity index (χ1n) is 11.6. The zero-order valence-electron chi connectivity index (χ0n) is 19.0. The summed E-state index contributed by atoms with van der Waals surface area (Å²) in [6, 6.07) is 3.98. The number of nitrogens with zero attached hydrogens (tertiary/aromatic N) is 1. The quantitative estimate of drug-likeness (QED) is 0.463. The average Bonchev–Trinajstić information content (AvgIpc) is 3.69. The summed E-state index contributed by atoms with van der Waals surface area (Å²) in [5.41, 5.74) is -0.153. The summed E-state index contributed by atoms with van der Waals surface area (Å²) < 4.78 is 46.0. The second-order valence-corrected chi connectivity index (χ2v) is 11.6. The molecule has 1 unspecified atom stereocenters. The van der Waals surface area contributed by atoms with Crippen molar-refractivity contribution in [2.45, 2.75) is 61.7 Å². The van der Waals surface area contributed by atoms with E-state index in [0.29, 0.717) is 18.4 Å². The molecule has 3 N–H and O–H groups in total. The summed E-state index contributed by atoms with van der Waals surface area (Å²) in [6.07, 6.45) is 1.81. The lowest BCUT2D eigenvalue weighted by molar-refractivity contribution is -0.130. The standard InChI is InChI=1S/C23H27FN4O6S/c1-2-14-9-23(14,21(30)27-35(32,33)16-6-7-16)26-20(29)19-8-15(10-25-19)34-22(31)28-11-13-4-3-5-18(24)17(13)12-28/h2-5,14-16,19,25H,1,6-12H2,(H,26,29)(H,27,30)/t14-,15?,19+,23-/m1/s1. The van der Waals surface area contributed by atoms with Crippen LogP contribution in [0.25, 0.3) is 0 Å². The van der Waals surface area contributed by atoms with E-state index >= 15 is 0 Å². The van der Waals surface area contributed by atoms with E-state index in [1.165, 1.54) is 17.0 Å². The van der Waals surface area contributed by atoms with E-state index in [1.807, 2.05) is 0 Å². The molecule has 1 aromatic carbocycles. The van der Waals surface area contributed by atoms with Crippen LogP contribution in [-0.2, 0) is 37.4 Å². The first-order valence-corrected chi connectivity index (χ1v) is 13.1. The fourth-order valence-electron chi connectivity index (χ4n) is 4.74. The molecule has 2 saturated carbocycles. The highest BCUT2D eigenvalue weighted by Crippen LogP contribution is 2.45. The molecule has 10 nitrogen and oxygen atoms in total. The van der Waals surface area contributed by atoms with Gasteiger partial charge in [-0.05, 0) is 30.9 Å². The van der Waals surface area contributed by atoms with Crippen LogP contribution in [0, 0.1) is 11.7 Å². The maximum absolute atomic E-state index is 14.0. The summed E-state index contributed by atoms with van der Waals surface area (Å²) in [7, 11) is -3.76. The number of benzene rings is 1. The predicted molar refractivity (Wildman–Crippen MR) is 122 cm³/mol. The molecule has 35 heavy (non-hydrogen) atoms. The SMILES string of the molecule is C=C[C@@H]1C[C@]1(NC(=O)[C@@H]1CC(OC(=O)N2Cc3cccc(F)c3C2)CN1)C(=O)NS(=O)(=O)C1CC1. The van der Waals surface area contributed by atoms with Crippen molar-refractivity contribution in [1.29, 1.82) is 0 Å². The molecule has 0 spiro atoms. The van der Waals surface area contributed by atoms with E-state index in [1.54, 1.807) is 12.1 Å². The predicted octanol–water partition coefficient (Wildman–Crippen LogP) is 0.678. The molecule has 12 heteroatoms. The van der Waals surface area contributed by atoms with E-state index < -0.39 is 50.9 Å². The number of amides is 3. The minimum atomic E-state index is -3.76. The van der Waals surface area contributed by atoms with E-state index in [0.717, 1.165) is 5.56 Å². The molecule has 3 amide bonds. The molecular formula is C23H27FN4O6S. The average molecular weight is 507 g/mol. The Morgan fingerprint density at radius 2 is 2.03 bits per heavy atom. The summed E-state index contributed by atoms with van der Waals surface area (Å²) in [4.78, 5) is 39.7. The number of hydrogen-bond acceptors (Lipinski definition) is 7. The van der Waals surface area contributed by atoms with Gasteiger partial charge in [0.05, 0.1) is 17.8 Å². The normalized spacial score (nSPS) is 29.3. The largest absolute Gasteiger partial charge is 0.445 e. The summed E-state index contributed by atoms with van der Waals surface area (Å²) >= 11 is 0. The lowest BCUT2D eigenvalue weighted by atomic mass is 10.1. The van der Waals surface area contributed by atoms with Crippen molar-refractivity contribution in [3.63, 3.8) is 0 Å². The monoisotopic (exact) mass is 506 g/mol. The Morgan fingerprint density at radius 1 is 1.26 bits per heavy atom. The molecule has 0 bridgehead atoms. The third-order valence-electron chi connectivity index (χ3n) is 7.11. The van der Waals surface area contributed by atoms with Crippen LogP contribution >= 0.6 is 0 Å². The third-order valence-corrected chi connectivity index (χ3v) is 8.93. The number of hydrogen-bond donors (Lipinski definition) is 3. The minimum Gasteiger partial charge on any atom is -0.445 e. The van der Waals surface area contributed by atoms with E-state index in [-0.39, 0.29) is 44.2 Å². The van der Waals surface area contributed by atoms with Gasteiger partial charge in [0.15, 0.2) is 0 Å². The van der Waals surface area contributed by atoms with Gasteiger partial charge in [0.2, 0.25) is 15.9 Å². The van der Waals surface area contributed by atoms with Crippen LogP contribution in [0.2, 0.25) is 0 Å². The van der Waals surface area contributed by atoms with Gasteiger partial charge in [-0.25, -0.2) is 17.6 Å². The molecule has 1 aromatic rings. The molecule has 0 radical (unpaired) electrons. The molecule has 2 aliphatic carbocycles. The summed E-state index contributed by atoms with van der Waals surface area (Å²) in [5.74, 6) is -1.99. The van der Waals surface area contributed by atoms with Crippen molar-refractivity contribution >= 4 is 27.9 Å². The van der Waals surface area contributed by atoms with Gasteiger partial charge in [-0.3, -0.25) is 19.2 Å². The van der Waals surface area contributed by atoms with Crippen molar-refractivity contribution in [1.82, 2.24) is 20.3 Å². The van der Waals surface area contributed by atoms with Crippen molar-refractivity contribution in [2.75, 3.05) is 6.54 Å². The number of carbonyl (C=O) groups is 3. The summed E-state index contributed by atoms with van der Waals surface area (Å²) in [6.45, 7) is 4.28. The zero-order chi connectivity index (χ0) is 25.0. The van der Waals surface area contributed by atoms with E-state index in [9.17, 15) is 27.2 Å². The lowest BCUT2D eigenvalue weighted by Gasteiger charge is -2.21. The van der Waals surface area contributed by atoms with Crippen LogP contribution in [0.5, 0.6) is 0 Å². The molecule has 5 rings (SSSR count). The molecule has 4 aliphatic rings. The highest BCUT2D eigenvalue weighted by atomic mass is 32.2. The maximum atomic E-state index is 14.0. The van der Waals surface area contributed by atoms with Gasteiger partial charge in [0.25, 0.3) is 5.91 Å². The Balaban J connectivity index is 1.15. The van der Waals surface area contributed by atoms with Gasteiger partial charge in [0, 0.05) is 31.0 Å². The van der Waals surface area contributed by atoms with Crippen LogP contribution in [-0.4, -0.2) is 60.7 Å². The third kappa shape index (κ3) is 4.52. The van der Waals surface area contributed by atoms with Crippen molar-refractivity contribution in [3.05, 3.63) is 47.8 Å². The van der Waals surface area contributed by atoms with Gasteiger partial charge < -0.3 is 15.4 Å². The molecule has 4 atom stereocenters. The highest BCUT2D eigenvalue weighted by Gasteiger charge is 2.61. The number of ether oxygens (including phenoxy) is 1. The molecule has 188 valence electrons. The van der Waals surface area contributed by atoms with Crippen LogP contribution < -0.4 is 15.4 Å². The van der Waals surface area contributed by atoms with Crippen molar-refractivity contribution in [2.24, 2.45) is 5.92 Å². The minimum absolute atomic E-state index is 0.120. The number of sulfonamides is 1. The Morgan fingerprint density at radius 3 is 2.69 bits per heavy atom. The van der Waals surface area contributed by atoms with Crippen molar-refractivity contribution in [3.8, 4) is 0 Å². The number of halogens is 1. The van der Waals surface area contributed by atoms with Gasteiger partial charge in [-0.15, -0.1) is 6.58 Å². The number of carbonyl (C=O) groups excluding carboxylic acids is 3. The lowest BCUT2D eigenvalue weighted by Crippen LogP contribution is -2.55. The Hall–Kier alpha value is -2.99. The number of fused-ring (bicyclic) bond motifs is 1. The molecule has 2 heterocycles. The Bertz CT molecular complexity index is 1200. The molecule has 2 aliphatic heterocycles. The first kappa shape index (κ1) is 23.7. The number of rotatable bonds is 7. The first-order chi connectivity index (χ1) is 16.6. The van der Waals surface area contributed by atoms with Crippen LogP contribution in [0.1, 0.15) is 36.8 Å². The van der Waals surface area contributed by atoms with Crippen LogP contribution in [0.15, 0.2) is 30.9 Å². The second kappa shape index (κ2) is 8.59. The second-order valence-electron chi connectivity index (χ2n) is 9.62. The van der Waals surface area contributed by atoms with Gasteiger partial charge in [0.1, 0.15) is 17.5 Å². The van der Waals surface area contributed by atoms with E-state index in [2.05, 4.69) is 21.9 Å². The maximum Gasteiger partial charge on any atom is 0.410 e. The number of nitrogens with one attached hydrogen (secondary N) is 3. The van der Waals surface area contributed by atoms with Crippen LogP contribution in [0.4, 0.5) is 9.18 Å². The van der Waals surface area contributed by atoms with Crippen LogP contribution in [0.3, 0.4) is 0 Å². The zero-order valence-corrected chi connectivity index (χ0v) is 19.8.